The maximum absolute atomic E-state index is 11.8. The number of carbonyl (C=O) groups excluding carboxylic acids is 1. The molecule has 1 fully saturated rings. The molecule has 5 nitrogen and oxygen atoms in total. The summed E-state index contributed by atoms with van der Waals surface area (Å²) in [6.07, 6.45) is 6.31. The molecule has 4 rings (SSSR count). The summed E-state index contributed by atoms with van der Waals surface area (Å²) < 4.78 is 17.1. The van der Waals surface area contributed by atoms with Gasteiger partial charge in [-0.1, -0.05) is 48.5 Å². The van der Waals surface area contributed by atoms with Crippen LogP contribution < -0.4 is 0 Å². The SMILES string of the molecule is CCOC(=O)C=Cc1oc2ccccc2c1C[C@@H]1CCCN1COCc1ccccc1. The molecule has 0 saturated carbocycles. The number of benzene rings is 2. The van der Waals surface area contributed by atoms with Gasteiger partial charge in [0.05, 0.1) is 19.9 Å². The Labute approximate surface area is 183 Å². The van der Waals surface area contributed by atoms with Crippen molar-refractivity contribution in [2.75, 3.05) is 19.9 Å². The molecule has 1 saturated heterocycles. The first-order chi connectivity index (χ1) is 15.2. The average molecular weight is 420 g/mol. The molecule has 0 aliphatic carbocycles. The van der Waals surface area contributed by atoms with Crippen LogP contribution in [0.3, 0.4) is 0 Å². The minimum absolute atomic E-state index is 0.356. The van der Waals surface area contributed by atoms with Gasteiger partial charge >= 0.3 is 5.97 Å². The van der Waals surface area contributed by atoms with Gasteiger partial charge < -0.3 is 13.9 Å². The van der Waals surface area contributed by atoms with Gasteiger partial charge in [-0.25, -0.2) is 4.79 Å². The third kappa shape index (κ3) is 5.43. The zero-order valence-electron chi connectivity index (χ0n) is 18.0. The van der Waals surface area contributed by atoms with Crippen LogP contribution in [0, 0.1) is 0 Å². The van der Waals surface area contributed by atoms with Crippen LogP contribution in [-0.2, 0) is 27.3 Å². The molecule has 0 spiro atoms. The fourth-order valence-electron chi connectivity index (χ4n) is 4.18. The monoisotopic (exact) mass is 419 g/mol. The molecule has 2 heterocycles. The van der Waals surface area contributed by atoms with Crippen molar-refractivity contribution in [2.45, 2.75) is 38.8 Å². The van der Waals surface area contributed by atoms with Crippen LogP contribution in [0.25, 0.3) is 17.0 Å². The predicted molar refractivity (Wildman–Crippen MR) is 121 cm³/mol. The summed E-state index contributed by atoms with van der Waals surface area (Å²) in [7, 11) is 0. The highest BCUT2D eigenvalue weighted by molar-refractivity contribution is 5.90. The summed E-state index contributed by atoms with van der Waals surface area (Å²) in [4.78, 5) is 14.2. The molecule has 1 aliphatic heterocycles. The number of fused-ring (bicyclic) bond motifs is 1. The topological polar surface area (TPSA) is 51.9 Å². The van der Waals surface area contributed by atoms with E-state index in [2.05, 4.69) is 23.1 Å². The number of rotatable bonds is 9. The van der Waals surface area contributed by atoms with E-state index in [4.69, 9.17) is 13.9 Å². The van der Waals surface area contributed by atoms with Crippen LogP contribution in [0.2, 0.25) is 0 Å². The Bertz CT molecular complexity index is 1020. The van der Waals surface area contributed by atoms with Gasteiger partial charge in [0.15, 0.2) is 0 Å². The van der Waals surface area contributed by atoms with Gasteiger partial charge in [0, 0.05) is 29.6 Å². The van der Waals surface area contributed by atoms with Crippen LogP contribution in [0.1, 0.15) is 36.7 Å². The first-order valence-electron chi connectivity index (χ1n) is 11.0. The number of hydrogen-bond donors (Lipinski definition) is 0. The number of carbonyl (C=O) groups is 1. The van der Waals surface area contributed by atoms with Crippen molar-refractivity contribution >= 4 is 23.0 Å². The number of esters is 1. The predicted octanol–water partition coefficient (Wildman–Crippen LogP) is 5.19. The van der Waals surface area contributed by atoms with Crippen LogP contribution in [0.5, 0.6) is 0 Å². The van der Waals surface area contributed by atoms with Crippen molar-refractivity contribution in [3.8, 4) is 0 Å². The second-order valence-electron chi connectivity index (χ2n) is 7.80. The average Bonchev–Trinajstić information content (AvgIpc) is 3.38. The standard InChI is InChI=1S/C26H29NO4/c1-2-30-26(28)15-14-25-23(22-12-6-7-13-24(22)31-25)17-21-11-8-16-27(21)19-29-18-20-9-4-3-5-10-20/h3-7,9-10,12-15,21H,2,8,11,16-19H2,1H3/t21-/m0/s1. The number of hydrogen-bond acceptors (Lipinski definition) is 5. The van der Waals surface area contributed by atoms with Crippen molar-refractivity contribution < 1.29 is 18.7 Å². The van der Waals surface area contributed by atoms with Gasteiger partial charge in [-0.3, -0.25) is 4.90 Å². The first kappa shape index (κ1) is 21.3. The smallest absolute Gasteiger partial charge is 0.330 e. The number of nitrogens with zero attached hydrogens (tertiary/aromatic N) is 1. The number of likely N-dealkylation sites (tertiary alicyclic amines) is 1. The fraction of sp³-hybridized carbons (Fsp3) is 0.346. The van der Waals surface area contributed by atoms with Crippen molar-refractivity contribution in [3.05, 3.63) is 77.6 Å². The Morgan fingerprint density at radius 2 is 1.97 bits per heavy atom. The summed E-state index contributed by atoms with van der Waals surface area (Å²) >= 11 is 0. The summed E-state index contributed by atoms with van der Waals surface area (Å²) in [6.45, 7) is 4.42. The lowest BCUT2D eigenvalue weighted by molar-refractivity contribution is -0.137. The van der Waals surface area contributed by atoms with Crippen molar-refractivity contribution in [2.24, 2.45) is 0 Å². The van der Waals surface area contributed by atoms with Crippen molar-refractivity contribution in [1.29, 1.82) is 0 Å². The maximum atomic E-state index is 11.8. The highest BCUT2D eigenvalue weighted by Gasteiger charge is 2.27. The Kier molecular flexibility index (Phi) is 7.18. The van der Waals surface area contributed by atoms with E-state index in [0.29, 0.717) is 26.0 Å². The zero-order chi connectivity index (χ0) is 21.5. The van der Waals surface area contributed by atoms with Gasteiger partial charge in [0.1, 0.15) is 11.3 Å². The molecule has 3 aromatic rings. The summed E-state index contributed by atoms with van der Waals surface area (Å²) in [6, 6.07) is 18.7. The molecule has 2 aromatic carbocycles. The lowest BCUT2D eigenvalue weighted by Crippen LogP contribution is -2.33. The Hall–Kier alpha value is -2.89. The Morgan fingerprint density at radius 1 is 1.16 bits per heavy atom. The Balaban J connectivity index is 1.47. The lowest BCUT2D eigenvalue weighted by atomic mass is 10.0. The van der Waals surface area contributed by atoms with Gasteiger partial charge in [-0.2, -0.15) is 0 Å². The zero-order valence-corrected chi connectivity index (χ0v) is 18.0. The third-order valence-corrected chi connectivity index (χ3v) is 5.69. The minimum Gasteiger partial charge on any atom is -0.463 e. The minimum atomic E-state index is -0.356. The third-order valence-electron chi connectivity index (χ3n) is 5.69. The van der Waals surface area contributed by atoms with E-state index < -0.39 is 0 Å². The first-order valence-corrected chi connectivity index (χ1v) is 11.0. The van der Waals surface area contributed by atoms with Gasteiger partial charge in [-0.05, 0) is 43.9 Å². The van der Waals surface area contributed by atoms with Gasteiger partial charge in [-0.15, -0.1) is 0 Å². The molecule has 0 amide bonds. The van der Waals surface area contributed by atoms with Crippen LogP contribution in [0.4, 0.5) is 0 Å². The normalized spacial score (nSPS) is 17.0. The van der Waals surface area contributed by atoms with E-state index in [9.17, 15) is 4.79 Å². The van der Waals surface area contributed by atoms with Crippen LogP contribution >= 0.6 is 0 Å². The number of para-hydroxylation sites is 1. The van der Waals surface area contributed by atoms with Crippen molar-refractivity contribution in [1.82, 2.24) is 4.90 Å². The van der Waals surface area contributed by atoms with E-state index in [-0.39, 0.29) is 5.97 Å². The molecule has 1 aliphatic rings. The van der Waals surface area contributed by atoms with Gasteiger partial charge in [0.25, 0.3) is 0 Å². The number of ether oxygens (including phenoxy) is 2. The summed E-state index contributed by atoms with van der Waals surface area (Å²) in [5.74, 6) is 0.372. The molecule has 0 N–H and O–H groups in total. The molecule has 31 heavy (non-hydrogen) atoms. The van der Waals surface area contributed by atoms with Crippen LogP contribution in [-0.4, -0.2) is 36.8 Å². The number of furan rings is 1. The second-order valence-corrected chi connectivity index (χ2v) is 7.80. The van der Waals surface area contributed by atoms with E-state index in [1.165, 1.54) is 11.6 Å². The highest BCUT2D eigenvalue weighted by Crippen LogP contribution is 2.31. The van der Waals surface area contributed by atoms with E-state index in [1.54, 1.807) is 13.0 Å². The molecule has 5 heteroatoms. The molecule has 0 bridgehead atoms. The fourth-order valence-corrected chi connectivity index (χ4v) is 4.18. The van der Waals surface area contributed by atoms with E-state index in [1.807, 2.05) is 36.4 Å². The molecule has 0 radical (unpaired) electrons. The molecule has 1 aromatic heterocycles. The van der Waals surface area contributed by atoms with Crippen LogP contribution in [0.15, 0.2) is 65.1 Å². The van der Waals surface area contributed by atoms with E-state index >= 15 is 0 Å². The van der Waals surface area contributed by atoms with E-state index in [0.717, 1.165) is 48.1 Å². The van der Waals surface area contributed by atoms with Gasteiger partial charge in [0.2, 0.25) is 0 Å². The maximum Gasteiger partial charge on any atom is 0.330 e. The molecule has 1 atom stereocenters. The second kappa shape index (κ2) is 10.4. The quantitative estimate of drug-likeness (QED) is 0.353. The summed E-state index contributed by atoms with van der Waals surface area (Å²) in [5, 5.41) is 1.10. The molecular weight excluding hydrogens is 390 g/mol. The highest BCUT2D eigenvalue weighted by atomic mass is 16.5. The molecule has 0 unspecified atom stereocenters. The lowest BCUT2D eigenvalue weighted by Gasteiger charge is -2.24. The summed E-state index contributed by atoms with van der Waals surface area (Å²) in [5.41, 5.74) is 3.16. The van der Waals surface area contributed by atoms with Crippen molar-refractivity contribution in [3.63, 3.8) is 0 Å². The largest absolute Gasteiger partial charge is 0.463 e. The molecular formula is C26H29NO4. The molecule has 162 valence electrons. The Morgan fingerprint density at radius 3 is 2.81 bits per heavy atom.